The average molecular weight is 340 g/mol. The van der Waals surface area contributed by atoms with E-state index in [4.69, 9.17) is 5.26 Å². The van der Waals surface area contributed by atoms with E-state index in [9.17, 15) is 18.0 Å². The first-order chi connectivity index (χ1) is 8.28. The number of benzene rings is 1. The van der Waals surface area contributed by atoms with Crippen LogP contribution in [0.3, 0.4) is 0 Å². The second kappa shape index (κ2) is 5.63. The number of hydrogen-bond donors (Lipinski definition) is 0. The summed E-state index contributed by atoms with van der Waals surface area (Å²) in [6.07, 6.45) is 0. The Morgan fingerprint density at radius 2 is 2.11 bits per heavy atom. The van der Waals surface area contributed by atoms with Gasteiger partial charge in [-0.15, -0.1) is 0 Å². The first-order valence-corrected chi connectivity index (χ1v) is 5.97. The van der Waals surface area contributed by atoms with Crippen molar-refractivity contribution in [2.75, 3.05) is 7.11 Å². The predicted molar refractivity (Wildman–Crippen MR) is 62.1 cm³/mol. The molecule has 0 unspecified atom stereocenters. The molecule has 1 aromatic carbocycles. The van der Waals surface area contributed by atoms with Crippen LogP contribution in [0.15, 0.2) is 21.5 Å². The Labute approximate surface area is 113 Å². The highest BCUT2D eigenvalue weighted by atomic mass is 79.9. The van der Waals surface area contributed by atoms with Crippen LogP contribution in [0.2, 0.25) is 0 Å². The van der Waals surface area contributed by atoms with Gasteiger partial charge in [-0.05, 0) is 39.8 Å². The Morgan fingerprint density at radius 1 is 1.50 bits per heavy atom. The number of alkyl halides is 3. The number of carbonyl (C=O) groups excluding carboxylic acids is 1. The van der Waals surface area contributed by atoms with Gasteiger partial charge >= 0.3 is 11.5 Å². The summed E-state index contributed by atoms with van der Waals surface area (Å²) in [4.78, 5) is 11.1. The van der Waals surface area contributed by atoms with Gasteiger partial charge in [-0.1, -0.05) is 0 Å². The van der Waals surface area contributed by atoms with Crippen LogP contribution in [0.25, 0.3) is 0 Å². The second-order valence-corrected chi connectivity index (χ2v) is 4.94. The minimum atomic E-state index is -4.48. The molecule has 0 heterocycles. The molecule has 0 saturated heterocycles. The quantitative estimate of drug-likeness (QED) is 0.608. The minimum absolute atomic E-state index is 0.0553. The summed E-state index contributed by atoms with van der Waals surface area (Å²) in [5.41, 5.74) is -4.74. The summed E-state index contributed by atoms with van der Waals surface area (Å²) in [6, 6.07) is 3.85. The fourth-order valence-corrected chi connectivity index (χ4v) is 2.30. The zero-order chi connectivity index (χ0) is 13.9. The highest BCUT2D eigenvalue weighted by Crippen LogP contribution is 2.41. The van der Waals surface area contributed by atoms with Crippen molar-refractivity contribution in [3.05, 3.63) is 27.7 Å². The lowest BCUT2D eigenvalue weighted by molar-refractivity contribution is -0.0328. The van der Waals surface area contributed by atoms with Crippen LogP contribution in [-0.2, 0) is 4.74 Å². The van der Waals surface area contributed by atoms with E-state index in [0.29, 0.717) is 0 Å². The summed E-state index contributed by atoms with van der Waals surface area (Å²) >= 11 is 2.55. The molecule has 0 fully saturated rings. The van der Waals surface area contributed by atoms with Gasteiger partial charge in [0.2, 0.25) is 0 Å². The first-order valence-electron chi connectivity index (χ1n) is 4.36. The molecule has 0 amide bonds. The molecular weight excluding hydrogens is 335 g/mol. The molecule has 0 aliphatic rings. The highest BCUT2D eigenvalue weighted by molar-refractivity contribution is 9.10. The molecule has 3 nitrogen and oxygen atoms in total. The van der Waals surface area contributed by atoms with Crippen LogP contribution in [0.4, 0.5) is 13.2 Å². The van der Waals surface area contributed by atoms with Crippen molar-refractivity contribution in [1.82, 2.24) is 0 Å². The standard InChI is InChI=1S/C10H5BrF3NO2S/c1-17-9(16)6-3-8(18-10(12,13)14)7(11)2-5(6)4-15/h2-3H,1H3. The lowest BCUT2D eigenvalue weighted by Crippen LogP contribution is -2.06. The van der Waals surface area contributed by atoms with E-state index in [1.807, 2.05) is 0 Å². The van der Waals surface area contributed by atoms with E-state index in [2.05, 4.69) is 20.7 Å². The number of hydrogen-bond acceptors (Lipinski definition) is 4. The van der Waals surface area contributed by atoms with Crippen LogP contribution >= 0.6 is 27.7 Å². The number of ether oxygens (including phenoxy) is 1. The molecule has 8 heteroatoms. The number of carbonyl (C=O) groups is 1. The Balaban J connectivity index is 3.31. The molecule has 0 radical (unpaired) electrons. The molecule has 0 atom stereocenters. The van der Waals surface area contributed by atoms with Crippen molar-refractivity contribution in [2.24, 2.45) is 0 Å². The number of nitriles is 1. The molecule has 1 rings (SSSR count). The smallest absolute Gasteiger partial charge is 0.446 e. The van der Waals surface area contributed by atoms with Gasteiger partial charge < -0.3 is 4.74 Å². The van der Waals surface area contributed by atoms with Gasteiger partial charge in [0.05, 0.1) is 18.2 Å². The van der Waals surface area contributed by atoms with Crippen molar-refractivity contribution in [3.8, 4) is 6.07 Å². The summed E-state index contributed by atoms with van der Waals surface area (Å²) in [5.74, 6) is -0.858. The first kappa shape index (κ1) is 14.9. The SMILES string of the molecule is COC(=O)c1cc(SC(F)(F)F)c(Br)cc1C#N. The van der Waals surface area contributed by atoms with E-state index >= 15 is 0 Å². The molecule has 0 aliphatic carbocycles. The van der Waals surface area contributed by atoms with Crippen molar-refractivity contribution in [2.45, 2.75) is 10.4 Å². The molecule has 0 spiro atoms. The zero-order valence-corrected chi connectivity index (χ0v) is 11.2. The predicted octanol–water partition coefficient (Wildman–Crippen LogP) is 3.72. The number of rotatable bonds is 2. The highest BCUT2D eigenvalue weighted by Gasteiger charge is 2.31. The third kappa shape index (κ3) is 3.65. The fourth-order valence-electron chi connectivity index (χ4n) is 1.13. The van der Waals surface area contributed by atoms with Crippen molar-refractivity contribution >= 4 is 33.7 Å². The molecule has 0 saturated carbocycles. The van der Waals surface area contributed by atoms with Gasteiger partial charge in [-0.25, -0.2) is 4.79 Å². The monoisotopic (exact) mass is 339 g/mol. The molecular formula is C10H5BrF3NO2S. The molecule has 0 aliphatic heterocycles. The maximum atomic E-state index is 12.3. The summed E-state index contributed by atoms with van der Waals surface area (Å²) in [7, 11) is 1.09. The molecule has 18 heavy (non-hydrogen) atoms. The van der Waals surface area contributed by atoms with Gasteiger partial charge in [0.1, 0.15) is 6.07 Å². The minimum Gasteiger partial charge on any atom is -0.465 e. The van der Waals surface area contributed by atoms with Crippen LogP contribution in [-0.4, -0.2) is 18.6 Å². The molecule has 0 aromatic heterocycles. The Kier molecular flexibility index (Phi) is 4.65. The van der Waals surface area contributed by atoms with E-state index in [-0.39, 0.29) is 32.3 Å². The summed E-state index contributed by atoms with van der Waals surface area (Å²) in [5, 5.41) is 8.80. The van der Waals surface area contributed by atoms with E-state index < -0.39 is 11.5 Å². The van der Waals surface area contributed by atoms with E-state index in [1.54, 1.807) is 6.07 Å². The third-order valence-electron chi connectivity index (χ3n) is 1.82. The Morgan fingerprint density at radius 3 is 2.56 bits per heavy atom. The average Bonchev–Trinajstić information content (AvgIpc) is 2.28. The largest absolute Gasteiger partial charge is 0.465 e. The number of esters is 1. The molecule has 96 valence electrons. The zero-order valence-electron chi connectivity index (χ0n) is 8.84. The van der Waals surface area contributed by atoms with Crippen LogP contribution < -0.4 is 0 Å². The van der Waals surface area contributed by atoms with Crippen LogP contribution in [0.5, 0.6) is 0 Å². The van der Waals surface area contributed by atoms with Crippen LogP contribution in [0, 0.1) is 11.3 Å². The van der Waals surface area contributed by atoms with Crippen molar-refractivity contribution < 1.29 is 22.7 Å². The maximum Gasteiger partial charge on any atom is 0.446 e. The van der Waals surface area contributed by atoms with Gasteiger partial charge in [-0.2, -0.15) is 18.4 Å². The van der Waals surface area contributed by atoms with E-state index in [1.165, 1.54) is 0 Å². The number of thioether (sulfide) groups is 1. The second-order valence-electron chi connectivity index (χ2n) is 2.98. The molecule has 1 aromatic rings. The summed E-state index contributed by atoms with van der Waals surface area (Å²) in [6.45, 7) is 0. The normalized spacial score (nSPS) is 10.9. The molecule has 0 N–H and O–H groups in total. The van der Waals surface area contributed by atoms with Gasteiger partial charge in [0.25, 0.3) is 0 Å². The number of methoxy groups -OCH3 is 1. The number of halogens is 4. The Bertz CT molecular complexity index is 525. The number of nitrogens with zero attached hydrogens (tertiary/aromatic N) is 1. The van der Waals surface area contributed by atoms with Crippen LogP contribution in [0.1, 0.15) is 15.9 Å². The summed E-state index contributed by atoms with van der Waals surface area (Å²) < 4.78 is 41.3. The van der Waals surface area contributed by atoms with Gasteiger partial charge in [0, 0.05) is 9.37 Å². The lowest BCUT2D eigenvalue weighted by Gasteiger charge is -2.10. The van der Waals surface area contributed by atoms with Crippen molar-refractivity contribution in [1.29, 1.82) is 5.26 Å². The Hall–Kier alpha value is -1.20. The topological polar surface area (TPSA) is 50.1 Å². The van der Waals surface area contributed by atoms with Crippen molar-refractivity contribution in [3.63, 3.8) is 0 Å². The maximum absolute atomic E-state index is 12.3. The fraction of sp³-hybridized carbons (Fsp3) is 0.200. The van der Waals surface area contributed by atoms with Gasteiger partial charge in [0.15, 0.2) is 0 Å². The molecule has 0 bridgehead atoms. The lowest BCUT2D eigenvalue weighted by atomic mass is 10.1. The van der Waals surface area contributed by atoms with Gasteiger partial charge in [-0.3, -0.25) is 0 Å². The van der Waals surface area contributed by atoms with E-state index in [0.717, 1.165) is 19.2 Å². The third-order valence-corrected chi connectivity index (χ3v) is 3.53.